The molecule has 1 saturated carbocycles. The number of hydrogen-bond acceptors (Lipinski definition) is 1. The Kier molecular flexibility index (Phi) is 4.80. The van der Waals surface area contributed by atoms with Crippen molar-refractivity contribution in [1.29, 1.82) is 0 Å². The molecule has 1 aliphatic carbocycles. The second-order valence-electron chi connectivity index (χ2n) is 6.67. The van der Waals surface area contributed by atoms with Gasteiger partial charge in [0.15, 0.2) is 0 Å². The Bertz CT molecular complexity index is 590. The van der Waals surface area contributed by atoms with Crippen molar-refractivity contribution in [2.24, 2.45) is 0 Å². The molecule has 0 unspecified atom stereocenters. The number of carbonyl (C=O) groups is 1. The van der Waals surface area contributed by atoms with E-state index in [0.29, 0.717) is 6.04 Å². The van der Waals surface area contributed by atoms with Crippen LogP contribution in [-0.2, 0) is 10.2 Å². The quantitative estimate of drug-likeness (QED) is 0.889. The molecule has 2 nitrogen and oxygen atoms in total. The minimum Gasteiger partial charge on any atom is -0.352 e. The van der Waals surface area contributed by atoms with Gasteiger partial charge in [-0.15, -0.1) is 0 Å². The van der Waals surface area contributed by atoms with Crippen molar-refractivity contribution < 1.29 is 4.79 Å². The van der Waals surface area contributed by atoms with E-state index < -0.39 is 5.41 Å². The molecule has 0 spiro atoms. The van der Waals surface area contributed by atoms with Crippen molar-refractivity contribution in [2.45, 2.75) is 50.5 Å². The van der Waals surface area contributed by atoms with Gasteiger partial charge in [0.05, 0.1) is 5.41 Å². The van der Waals surface area contributed by atoms with Gasteiger partial charge in [0.2, 0.25) is 5.91 Å². The Labute approximate surface area is 138 Å². The first-order chi connectivity index (χ1) is 11.2. The van der Waals surface area contributed by atoms with Crippen LogP contribution in [0.25, 0.3) is 0 Å². The van der Waals surface area contributed by atoms with E-state index in [1.807, 2.05) is 67.6 Å². The van der Waals surface area contributed by atoms with Gasteiger partial charge in [-0.3, -0.25) is 4.79 Å². The smallest absolute Gasteiger partial charge is 0.235 e. The van der Waals surface area contributed by atoms with E-state index in [0.717, 1.165) is 24.0 Å². The predicted octanol–water partition coefficient (Wildman–Crippen LogP) is 4.44. The molecule has 1 aliphatic rings. The van der Waals surface area contributed by atoms with Crippen LogP contribution in [0.4, 0.5) is 0 Å². The predicted molar refractivity (Wildman–Crippen MR) is 94.4 cm³/mol. The van der Waals surface area contributed by atoms with Gasteiger partial charge in [0.25, 0.3) is 0 Å². The van der Waals surface area contributed by atoms with Crippen molar-refractivity contribution >= 4 is 5.91 Å². The van der Waals surface area contributed by atoms with Crippen molar-refractivity contribution in [3.8, 4) is 0 Å². The zero-order chi connectivity index (χ0) is 16.1. The summed E-state index contributed by atoms with van der Waals surface area (Å²) in [6.07, 6.45) is 5.94. The van der Waals surface area contributed by atoms with E-state index in [9.17, 15) is 4.79 Å². The van der Waals surface area contributed by atoms with Crippen LogP contribution >= 0.6 is 0 Å². The first-order valence-electron chi connectivity index (χ1n) is 8.63. The molecule has 0 aliphatic heterocycles. The summed E-state index contributed by atoms with van der Waals surface area (Å²) in [5.74, 6) is 0.113. The first kappa shape index (κ1) is 15.8. The number of nitrogens with one attached hydrogen (secondary N) is 1. The molecule has 0 heterocycles. The van der Waals surface area contributed by atoms with Gasteiger partial charge in [0, 0.05) is 6.04 Å². The van der Waals surface area contributed by atoms with Gasteiger partial charge in [-0.25, -0.2) is 0 Å². The molecule has 120 valence electrons. The van der Waals surface area contributed by atoms with Gasteiger partial charge >= 0.3 is 0 Å². The number of rotatable bonds is 4. The Morgan fingerprint density at radius 3 is 1.83 bits per heavy atom. The summed E-state index contributed by atoms with van der Waals surface area (Å²) < 4.78 is 0. The van der Waals surface area contributed by atoms with E-state index in [4.69, 9.17) is 0 Å². The lowest BCUT2D eigenvalue weighted by Crippen LogP contribution is -2.47. The average Bonchev–Trinajstić information content (AvgIpc) is 2.63. The number of hydrogen-bond donors (Lipinski definition) is 1. The third-order valence-corrected chi connectivity index (χ3v) is 5.10. The van der Waals surface area contributed by atoms with E-state index in [1.165, 1.54) is 19.3 Å². The molecule has 3 rings (SSSR count). The molecule has 0 atom stereocenters. The minimum atomic E-state index is -0.653. The summed E-state index contributed by atoms with van der Waals surface area (Å²) in [6.45, 7) is 2.04. The second kappa shape index (κ2) is 6.99. The summed E-state index contributed by atoms with van der Waals surface area (Å²) in [5.41, 5.74) is 1.43. The lowest BCUT2D eigenvalue weighted by Gasteiger charge is -2.33. The van der Waals surface area contributed by atoms with E-state index in [2.05, 4.69) is 5.32 Å². The minimum absolute atomic E-state index is 0.113. The number of carbonyl (C=O) groups excluding carboxylic acids is 1. The van der Waals surface area contributed by atoms with E-state index in [1.54, 1.807) is 0 Å². The fraction of sp³-hybridized carbons (Fsp3) is 0.381. The van der Waals surface area contributed by atoms with Crippen LogP contribution in [0.5, 0.6) is 0 Å². The Morgan fingerprint density at radius 2 is 1.35 bits per heavy atom. The lowest BCUT2D eigenvalue weighted by atomic mass is 9.75. The standard InChI is InChI=1S/C21H25NO/c1-21(17-11-5-2-6-12-17,18-13-7-3-8-14-18)20(23)22-19-15-9-4-10-16-19/h2-3,5-8,11-14,19H,4,9-10,15-16H2,1H3,(H,22,23). The van der Waals surface area contributed by atoms with Gasteiger partial charge in [-0.2, -0.15) is 0 Å². The first-order valence-corrected chi connectivity index (χ1v) is 8.63. The zero-order valence-electron chi connectivity index (χ0n) is 13.8. The van der Waals surface area contributed by atoms with Crippen LogP contribution in [-0.4, -0.2) is 11.9 Å². The average molecular weight is 307 g/mol. The molecule has 2 aromatic carbocycles. The maximum absolute atomic E-state index is 13.2. The Morgan fingerprint density at radius 1 is 0.870 bits per heavy atom. The molecule has 1 amide bonds. The summed E-state index contributed by atoms with van der Waals surface area (Å²) in [6, 6.07) is 20.5. The maximum Gasteiger partial charge on any atom is 0.235 e. The van der Waals surface area contributed by atoms with E-state index >= 15 is 0 Å². The summed E-state index contributed by atoms with van der Waals surface area (Å²) in [4.78, 5) is 13.2. The fourth-order valence-corrected chi connectivity index (χ4v) is 3.55. The highest BCUT2D eigenvalue weighted by molar-refractivity contribution is 5.91. The van der Waals surface area contributed by atoms with Crippen LogP contribution in [0.15, 0.2) is 60.7 Å². The highest BCUT2D eigenvalue weighted by Gasteiger charge is 2.37. The molecule has 1 fully saturated rings. The molecule has 0 radical (unpaired) electrons. The summed E-state index contributed by atoms with van der Waals surface area (Å²) >= 11 is 0. The van der Waals surface area contributed by atoms with E-state index in [-0.39, 0.29) is 5.91 Å². The monoisotopic (exact) mass is 307 g/mol. The molecule has 0 aromatic heterocycles. The molecule has 0 saturated heterocycles. The lowest BCUT2D eigenvalue weighted by molar-refractivity contribution is -0.125. The third kappa shape index (κ3) is 3.31. The SMILES string of the molecule is CC(C(=O)NC1CCCCC1)(c1ccccc1)c1ccccc1. The Balaban J connectivity index is 1.93. The van der Waals surface area contributed by atoms with Crippen LogP contribution in [0, 0.1) is 0 Å². The third-order valence-electron chi connectivity index (χ3n) is 5.10. The molecular weight excluding hydrogens is 282 g/mol. The maximum atomic E-state index is 13.2. The summed E-state index contributed by atoms with van der Waals surface area (Å²) in [5, 5.41) is 3.32. The topological polar surface area (TPSA) is 29.1 Å². The van der Waals surface area contributed by atoms with Gasteiger partial charge in [-0.1, -0.05) is 79.9 Å². The van der Waals surface area contributed by atoms with Crippen molar-refractivity contribution in [3.63, 3.8) is 0 Å². The molecule has 1 N–H and O–H groups in total. The highest BCUT2D eigenvalue weighted by Crippen LogP contribution is 2.33. The van der Waals surface area contributed by atoms with Gasteiger partial charge < -0.3 is 5.32 Å². The normalized spacial score (nSPS) is 16.0. The molecular formula is C21H25NO. The number of amides is 1. The Hall–Kier alpha value is -2.09. The van der Waals surface area contributed by atoms with Crippen LogP contribution < -0.4 is 5.32 Å². The van der Waals surface area contributed by atoms with Crippen molar-refractivity contribution in [1.82, 2.24) is 5.32 Å². The molecule has 23 heavy (non-hydrogen) atoms. The largest absolute Gasteiger partial charge is 0.352 e. The second-order valence-corrected chi connectivity index (χ2v) is 6.67. The van der Waals surface area contributed by atoms with Crippen LogP contribution in [0.3, 0.4) is 0 Å². The van der Waals surface area contributed by atoms with Gasteiger partial charge in [-0.05, 0) is 30.9 Å². The van der Waals surface area contributed by atoms with Crippen LogP contribution in [0.1, 0.15) is 50.2 Å². The fourth-order valence-electron chi connectivity index (χ4n) is 3.55. The van der Waals surface area contributed by atoms with Crippen molar-refractivity contribution in [2.75, 3.05) is 0 Å². The van der Waals surface area contributed by atoms with Crippen LogP contribution in [0.2, 0.25) is 0 Å². The van der Waals surface area contributed by atoms with Crippen molar-refractivity contribution in [3.05, 3.63) is 71.8 Å². The molecule has 2 aromatic rings. The highest BCUT2D eigenvalue weighted by atomic mass is 16.2. The number of benzene rings is 2. The molecule has 0 bridgehead atoms. The summed E-state index contributed by atoms with van der Waals surface area (Å²) in [7, 11) is 0. The zero-order valence-corrected chi connectivity index (χ0v) is 13.8. The molecule has 2 heteroatoms. The van der Waals surface area contributed by atoms with Gasteiger partial charge in [0.1, 0.15) is 0 Å².